The fourth-order valence-electron chi connectivity index (χ4n) is 3.77. The molecule has 5 nitrogen and oxygen atoms in total. The molecule has 0 aliphatic rings. The van der Waals surface area contributed by atoms with Crippen molar-refractivity contribution < 1.29 is 0 Å². The van der Waals surface area contributed by atoms with Gasteiger partial charge >= 0.3 is 0 Å². The first-order chi connectivity index (χ1) is 16.3. The Morgan fingerprint density at radius 3 is 1.67 bits per heavy atom. The van der Waals surface area contributed by atoms with Crippen LogP contribution >= 0.6 is 0 Å². The lowest BCUT2D eigenvalue weighted by molar-refractivity contribution is 1.27. The largest absolute Gasteiger partial charge is 0.311 e. The summed E-state index contributed by atoms with van der Waals surface area (Å²) in [6, 6.07) is 35.9. The van der Waals surface area contributed by atoms with Crippen molar-refractivity contribution in [2.75, 3.05) is 4.90 Å². The number of para-hydroxylation sites is 2. The summed E-state index contributed by atoms with van der Waals surface area (Å²) in [5, 5.41) is 18.5. The van der Waals surface area contributed by atoms with Crippen LogP contribution < -0.4 is 4.90 Å². The molecule has 0 amide bonds. The number of rotatable bonds is 4. The van der Waals surface area contributed by atoms with E-state index in [-0.39, 0.29) is 0 Å². The van der Waals surface area contributed by atoms with Gasteiger partial charge in [0.1, 0.15) is 12.1 Å². The second kappa shape index (κ2) is 8.63. The third-order valence-corrected chi connectivity index (χ3v) is 5.37. The van der Waals surface area contributed by atoms with E-state index in [9.17, 15) is 10.5 Å². The predicted molar refractivity (Wildman–Crippen MR) is 129 cm³/mol. The lowest BCUT2D eigenvalue weighted by Gasteiger charge is -2.25. The van der Waals surface area contributed by atoms with Crippen molar-refractivity contribution in [3.8, 4) is 23.4 Å². The summed E-state index contributed by atoms with van der Waals surface area (Å²) in [6.45, 7) is 0. The van der Waals surface area contributed by atoms with E-state index in [2.05, 4.69) is 57.3 Å². The van der Waals surface area contributed by atoms with E-state index < -0.39 is 0 Å². The van der Waals surface area contributed by atoms with Crippen molar-refractivity contribution in [3.63, 3.8) is 0 Å². The molecule has 0 atom stereocenters. The molecule has 5 aromatic rings. The van der Waals surface area contributed by atoms with Gasteiger partial charge < -0.3 is 4.90 Å². The smallest absolute Gasteiger partial charge is 0.101 e. The fourth-order valence-corrected chi connectivity index (χ4v) is 3.77. The second-order valence-electron chi connectivity index (χ2n) is 7.42. The van der Waals surface area contributed by atoms with Gasteiger partial charge in [-0.2, -0.15) is 10.5 Å². The normalized spacial score (nSPS) is 10.4. The summed E-state index contributed by atoms with van der Waals surface area (Å²) in [4.78, 5) is 11.3. The summed E-state index contributed by atoms with van der Waals surface area (Å²) < 4.78 is 0. The highest BCUT2D eigenvalue weighted by molar-refractivity contribution is 5.82. The molecule has 1 aromatic heterocycles. The number of hydrogen-bond acceptors (Lipinski definition) is 5. The van der Waals surface area contributed by atoms with Crippen molar-refractivity contribution in [3.05, 3.63) is 114 Å². The molecule has 4 aromatic carbocycles. The van der Waals surface area contributed by atoms with Crippen molar-refractivity contribution in [2.24, 2.45) is 0 Å². The Balaban J connectivity index is 1.54. The van der Waals surface area contributed by atoms with Crippen molar-refractivity contribution in [1.29, 1.82) is 10.5 Å². The molecule has 5 rings (SSSR count). The van der Waals surface area contributed by atoms with E-state index in [4.69, 9.17) is 0 Å². The zero-order chi connectivity index (χ0) is 22.6. The Morgan fingerprint density at radius 2 is 1.12 bits per heavy atom. The SMILES string of the molecule is N#Cc1cc2ncc(-c3ccc(N(c4ccccc4)c4ccccc4)cc3)nc2cc1C#N. The number of aromatic nitrogens is 2. The first kappa shape index (κ1) is 19.9. The van der Waals surface area contributed by atoms with Gasteiger partial charge in [-0.3, -0.25) is 4.98 Å². The van der Waals surface area contributed by atoms with Gasteiger partial charge in [-0.1, -0.05) is 48.5 Å². The minimum absolute atomic E-state index is 0.299. The van der Waals surface area contributed by atoms with Crippen LogP contribution in [0.4, 0.5) is 17.1 Å². The van der Waals surface area contributed by atoms with Crippen LogP contribution in [0.1, 0.15) is 11.1 Å². The summed E-state index contributed by atoms with van der Waals surface area (Å²) in [7, 11) is 0. The summed E-state index contributed by atoms with van der Waals surface area (Å²) in [6.07, 6.45) is 1.69. The maximum Gasteiger partial charge on any atom is 0.101 e. The summed E-state index contributed by atoms with van der Waals surface area (Å²) in [5.41, 5.74) is 6.55. The van der Waals surface area contributed by atoms with Gasteiger partial charge in [0, 0.05) is 22.6 Å². The second-order valence-corrected chi connectivity index (χ2v) is 7.42. The molecule has 0 saturated carbocycles. The van der Waals surface area contributed by atoms with Gasteiger partial charge in [0.25, 0.3) is 0 Å². The average molecular weight is 423 g/mol. The van der Waals surface area contributed by atoms with E-state index in [1.54, 1.807) is 18.3 Å². The minimum Gasteiger partial charge on any atom is -0.311 e. The molecule has 5 heteroatoms. The van der Waals surface area contributed by atoms with Gasteiger partial charge in [-0.15, -0.1) is 0 Å². The van der Waals surface area contributed by atoms with Crippen molar-refractivity contribution in [2.45, 2.75) is 0 Å². The molecule has 0 aliphatic carbocycles. The molecule has 0 spiro atoms. The predicted octanol–water partition coefficient (Wildman–Crippen LogP) is 6.51. The maximum absolute atomic E-state index is 9.31. The van der Waals surface area contributed by atoms with Crippen LogP contribution in [-0.4, -0.2) is 9.97 Å². The fraction of sp³-hybridized carbons (Fsp3) is 0. The van der Waals surface area contributed by atoms with Gasteiger partial charge in [0.15, 0.2) is 0 Å². The summed E-state index contributed by atoms with van der Waals surface area (Å²) in [5.74, 6) is 0. The van der Waals surface area contributed by atoms with E-state index in [0.29, 0.717) is 27.9 Å². The van der Waals surface area contributed by atoms with E-state index >= 15 is 0 Å². The highest BCUT2D eigenvalue weighted by atomic mass is 15.1. The molecule has 0 bridgehead atoms. The molecule has 0 saturated heterocycles. The topological polar surface area (TPSA) is 76.6 Å². The molecule has 0 fully saturated rings. The zero-order valence-electron chi connectivity index (χ0n) is 17.6. The number of fused-ring (bicyclic) bond motifs is 1. The Morgan fingerprint density at radius 1 is 0.606 bits per heavy atom. The number of benzene rings is 4. The zero-order valence-corrected chi connectivity index (χ0v) is 17.6. The Bertz CT molecular complexity index is 1470. The molecule has 0 N–H and O–H groups in total. The van der Waals surface area contributed by atoms with Gasteiger partial charge in [-0.25, -0.2) is 4.98 Å². The van der Waals surface area contributed by atoms with Crippen LogP contribution in [0.15, 0.2) is 103 Å². The third-order valence-electron chi connectivity index (χ3n) is 5.37. The third kappa shape index (κ3) is 3.87. The minimum atomic E-state index is 0.299. The number of hydrogen-bond donors (Lipinski definition) is 0. The standard InChI is InChI=1S/C28H17N5/c29-17-21-15-26-27(16-22(21)18-30)32-28(19-31-26)20-11-13-25(14-12-20)33(23-7-3-1-4-8-23)24-9-5-2-6-10-24/h1-16,19H. The lowest BCUT2D eigenvalue weighted by atomic mass is 10.1. The van der Waals surface area contributed by atoms with E-state index in [1.165, 1.54) is 0 Å². The molecular weight excluding hydrogens is 406 g/mol. The Hall–Kier alpha value is -5.00. The van der Waals surface area contributed by atoms with Crippen LogP contribution in [-0.2, 0) is 0 Å². The first-order valence-corrected chi connectivity index (χ1v) is 10.4. The molecule has 154 valence electrons. The average Bonchev–Trinajstić information content (AvgIpc) is 2.89. The molecule has 0 aliphatic heterocycles. The molecule has 0 radical (unpaired) electrons. The van der Waals surface area contributed by atoms with Crippen LogP contribution in [0, 0.1) is 22.7 Å². The number of nitriles is 2. The van der Waals surface area contributed by atoms with Crippen LogP contribution in [0.25, 0.3) is 22.3 Å². The monoisotopic (exact) mass is 423 g/mol. The quantitative estimate of drug-likeness (QED) is 0.329. The number of nitrogens with zero attached hydrogens (tertiary/aromatic N) is 5. The van der Waals surface area contributed by atoms with Crippen molar-refractivity contribution >= 4 is 28.1 Å². The lowest BCUT2D eigenvalue weighted by Crippen LogP contribution is -2.09. The molecule has 33 heavy (non-hydrogen) atoms. The Labute approximate surface area is 191 Å². The Kier molecular flexibility index (Phi) is 5.21. The van der Waals surface area contributed by atoms with Crippen LogP contribution in [0.5, 0.6) is 0 Å². The molecular formula is C28H17N5. The number of anilines is 3. The highest BCUT2D eigenvalue weighted by Gasteiger charge is 2.13. The maximum atomic E-state index is 9.31. The van der Waals surface area contributed by atoms with Crippen LogP contribution in [0.2, 0.25) is 0 Å². The van der Waals surface area contributed by atoms with E-state index in [0.717, 1.165) is 22.6 Å². The summed E-state index contributed by atoms with van der Waals surface area (Å²) >= 11 is 0. The van der Waals surface area contributed by atoms with Crippen LogP contribution in [0.3, 0.4) is 0 Å². The molecule has 0 unspecified atom stereocenters. The first-order valence-electron chi connectivity index (χ1n) is 10.4. The van der Waals surface area contributed by atoms with Gasteiger partial charge in [-0.05, 0) is 48.5 Å². The van der Waals surface area contributed by atoms with Gasteiger partial charge in [0.2, 0.25) is 0 Å². The van der Waals surface area contributed by atoms with Gasteiger partial charge in [0.05, 0.1) is 34.1 Å². The van der Waals surface area contributed by atoms with Crippen molar-refractivity contribution in [1.82, 2.24) is 9.97 Å². The highest BCUT2D eigenvalue weighted by Crippen LogP contribution is 2.35. The van der Waals surface area contributed by atoms with E-state index in [1.807, 2.05) is 54.6 Å². The molecule has 1 heterocycles.